The van der Waals surface area contributed by atoms with Crippen LogP contribution in [0.2, 0.25) is 0 Å². The van der Waals surface area contributed by atoms with Crippen molar-refractivity contribution >= 4 is 0 Å². The summed E-state index contributed by atoms with van der Waals surface area (Å²) in [7, 11) is 1.96. The van der Waals surface area contributed by atoms with Gasteiger partial charge in [-0.25, -0.2) is 0 Å². The monoisotopic (exact) mass is 236 g/mol. The van der Waals surface area contributed by atoms with Crippen molar-refractivity contribution in [1.29, 1.82) is 0 Å². The van der Waals surface area contributed by atoms with Gasteiger partial charge in [0.2, 0.25) is 0 Å². The molecule has 0 saturated carbocycles. The van der Waals surface area contributed by atoms with E-state index in [4.69, 9.17) is 5.73 Å². The van der Waals surface area contributed by atoms with Crippen molar-refractivity contribution in [3.05, 3.63) is 18.0 Å². The Bertz CT molecular complexity index is 363. The van der Waals surface area contributed by atoms with Crippen LogP contribution in [-0.4, -0.2) is 33.3 Å². The van der Waals surface area contributed by atoms with Crippen LogP contribution in [0, 0.1) is 0 Å². The molecule has 1 unspecified atom stereocenters. The van der Waals surface area contributed by atoms with Crippen LogP contribution in [0.3, 0.4) is 0 Å². The predicted molar refractivity (Wildman–Crippen MR) is 69.6 cm³/mol. The summed E-state index contributed by atoms with van der Waals surface area (Å²) < 4.78 is 1.89. The Hall–Kier alpha value is -0.870. The molecule has 1 aromatic heterocycles. The molecule has 0 aliphatic carbocycles. The minimum atomic E-state index is -0.00574. The molecule has 0 bridgehead atoms. The summed E-state index contributed by atoms with van der Waals surface area (Å²) in [5, 5.41) is 4.21. The van der Waals surface area contributed by atoms with Gasteiger partial charge in [0.25, 0.3) is 0 Å². The molecule has 0 radical (unpaired) electrons. The molecule has 2 rings (SSSR count). The van der Waals surface area contributed by atoms with Crippen molar-refractivity contribution in [2.75, 3.05) is 13.1 Å². The Morgan fingerprint density at radius 1 is 1.29 bits per heavy atom. The molecule has 2 N–H and O–H groups in total. The van der Waals surface area contributed by atoms with Crippen LogP contribution in [0.4, 0.5) is 0 Å². The van der Waals surface area contributed by atoms with Crippen molar-refractivity contribution in [3.63, 3.8) is 0 Å². The summed E-state index contributed by atoms with van der Waals surface area (Å²) in [6, 6.07) is 2.03. The molecule has 1 fully saturated rings. The lowest BCUT2D eigenvalue weighted by atomic mass is 9.88. The van der Waals surface area contributed by atoms with Crippen LogP contribution in [0.15, 0.2) is 12.3 Å². The van der Waals surface area contributed by atoms with E-state index in [1.165, 1.54) is 32.4 Å². The number of hydrogen-bond donors (Lipinski definition) is 1. The van der Waals surface area contributed by atoms with Gasteiger partial charge in [-0.2, -0.15) is 5.10 Å². The highest BCUT2D eigenvalue weighted by molar-refractivity contribution is 5.12. The molecule has 1 saturated heterocycles. The van der Waals surface area contributed by atoms with Crippen molar-refractivity contribution < 1.29 is 0 Å². The summed E-state index contributed by atoms with van der Waals surface area (Å²) >= 11 is 0. The van der Waals surface area contributed by atoms with E-state index in [1.807, 2.05) is 24.0 Å². The topological polar surface area (TPSA) is 47.1 Å². The number of aromatic nitrogens is 2. The number of piperidine rings is 1. The van der Waals surface area contributed by atoms with E-state index in [9.17, 15) is 0 Å². The second-order valence-corrected chi connectivity index (χ2v) is 5.56. The van der Waals surface area contributed by atoms with Crippen LogP contribution in [-0.2, 0) is 7.05 Å². The van der Waals surface area contributed by atoms with Crippen LogP contribution >= 0.6 is 0 Å². The molecule has 96 valence electrons. The molecular weight excluding hydrogens is 212 g/mol. The molecule has 0 aromatic carbocycles. The number of likely N-dealkylation sites (tertiary alicyclic amines) is 1. The highest BCUT2D eigenvalue weighted by Gasteiger charge is 2.35. The third-order valence-electron chi connectivity index (χ3n) is 4.11. The first-order valence-corrected chi connectivity index (χ1v) is 6.52. The summed E-state index contributed by atoms with van der Waals surface area (Å²) in [6.45, 7) is 6.82. The molecule has 0 amide bonds. The second-order valence-electron chi connectivity index (χ2n) is 5.56. The van der Waals surface area contributed by atoms with E-state index < -0.39 is 0 Å². The Balaban J connectivity index is 2.16. The van der Waals surface area contributed by atoms with Gasteiger partial charge in [-0.3, -0.25) is 9.58 Å². The molecule has 1 atom stereocenters. The van der Waals surface area contributed by atoms with Gasteiger partial charge in [0.15, 0.2) is 0 Å². The lowest BCUT2D eigenvalue weighted by Gasteiger charge is -2.44. The number of hydrogen-bond acceptors (Lipinski definition) is 3. The average molecular weight is 236 g/mol. The molecule has 17 heavy (non-hydrogen) atoms. The lowest BCUT2D eigenvalue weighted by molar-refractivity contribution is 0.0707. The van der Waals surface area contributed by atoms with E-state index in [-0.39, 0.29) is 11.6 Å². The first-order valence-electron chi connectivity index (χ1n) is 6.52. The Kier molecular flexibility index (Phi) is 3.54. The van der Waals surface area contributed by atoms with Crippen LogP contribution < -0.4 is 5.73 Å². The Labute approximate surface area is 104 Å². The first-order chi connectivity index (χ1) is 8.03. The van der Waals surface area contributed by atoms with Gasteiger partial charge in [-0.1, -0.05) is 6.42 Å². The van der Waals surface area contributed by atoms with Gasteiger partial charge < -0.3 is 5.73 Å². The maximum Gasteiger partial charge on any atom is 0.0648 e. The molecule has 0 spiro atoms. The van der Waals surface area contributed by atoms with Gasteiger partial charge in [0, 0.05) is 18.8 Å². The largest absolute Gasteiger partial charge is 0.321 e. The Morgan fingerprint density at radius 2 is 1.94 bits per heavy atom. The zero-order valence-corrected chi connectivity index (χ0v) is 11.2. The SMILES string of the molecule is Cn1nccc1C(N)C(C)(C)N1CCCCC1. The minimum Gasteiger partial charge on any atom is -0.321 e. The minimum absolute atomic E-state index is 0.00574. The van der Waals surface area contributed by atoms with Crippen molar-refractivity contribution in [2.45, 2.75) is 44.7 Å². The van der Waals surface area contributed by atoms with Gasteiger partial charge in [0.05, 0.1) is 11.7 Å². The fraction of sp³-hybridized carbons (Fsp3) is 0.769. The predicted octanol–water partition coefficient (Wildman–Crippen LogP) is 1.68. The number of rotatable bonds is 3. The average Bonchev–Trinajstić information content (AvgIpc) is 2.75. The summed E-state index contributed by atoms with van der Waals surface area (Å²) in [6.07, 6.45) is 5.76. The van der Waals surface area contributed by atoms with E-state index >= 15 is 0 Å². The highest BCUT2D eigenvalue weighted by atomic mass is 15.3. The third kappa shape index (κ3) is 2.38. The van der Waals surface area contributed by atoms with Crippen molar-refractivity contribution in [3.8, 4) is 0 Å². The number of nitrogens with two attached hydrogens (primary N) is 1. The third-order valence-corrected chi connectivity index (χ3v) is 4.11. The van der Waals surface area contributed by atoms with Gasteiger partial charge in [-0.15, -0.1) is 0 Å². The zero-order valence-electron chi connectivity index (χ0n) is 11.2. The molecular formula is C13H24N4. The van der Waals surface area contributed by atoms with E-state index in [2.05, 4.69) is 23.8 Å². The quantitative estimate of drug-likeness (QED) is 0.868. The fourth-order valence-corrected chi connectivity index (χ4v) is 2.72. The normalized spacial score (nSPS) is 20.5. The molecule has 1 aliphatic rings. The van der Waals surface area contributed by atoms with Crippen LogP contribution in [0.5, 0.6) is 0 Å². The highest BCUT2D eigenvalue weighted by Crippen LogP contribution is 2.30. The molecule has 2 heterocycles. The van der Waals surface area contributed by atoms with Crippen LogP contribution in [0.1, 0.15) is 44.8 Å². The number of nitrogens with zero attached hydrogens (tertiary/aromatic N) is 3. The van der Waals surface area contributed by atoms with Gasteiger partial charge >= 0.3 is 0 Å². The summed E-state index contributed by atoms with van der Waals surface area (Å²) in [5.41, 5.74) is 7.55. The van der Waals surface area contributed by atoms with Crippen molar-refractivity contribution in [2.24, 2.45) is 12.8 Å². The second kappa shape index (κ2) is 4.78. The summed E-state index contributed by atoms with van der Waals surface area (Å²) in [4.78, 5) is 2.52. The lowest BCUT2D eigenvalue weighted by Crippen LogP contribution is -2.53. The van der Waals surface area contributed by atoms with Crippen LogP contribution in [0.25, 0.3) is 0 Å². The molecule has 1 aliphatic heterocycles. The van der Waals surface area contributed by atoms with E-state index in [0.717, 1.165) is 5.69 Å². The standard InChI is InChI=1S/C13H24N4/c1-13(2,17-9-5-4-6-10-17)12(14)11-7-8-15-16(11)3/h7-8,12H,4-6,9-10,14H2,1-3H3. The van der Waals surface area contributed by atoms with Crippen molar-refractivity contribution in [1.82, 2.24) is 14.7 Å². The summed E-state index contributed by atoms with van der Waals surface area (Å²) in [5.74, 6) is 0. The zero-order chi connectivity index (χ0) is 12.5. The molecule has 4 nitrogen and oxygen atoms in total. The maximum atomic E-state index is 6.45. The van der Waals surface area contributed by atoms with Gasteiger partial charge in [-0.05, 0) is 45.8 Å². The first kappa shape index (κ1) is 12.6. The Morgan fingerprint density at radius 3 is 2.47 bits per heavy atom. The molecule has 1 aromatic rings. The maximum absolute atomic E-state index is 6.45. The smallest absolute Gasteiger partial charge is 0.0648 e. The number of aryl methyl sites for hydroxylation is 1. The molecule has 4 heteroatoms. The van der Waals surface area contributed by atoms with E-state index in [0.29, 0.717) is 0 Å². The van der Waals surface area contributed by atoms with E-state index in [1.54, 1.807) is 0 Å². The fourth-order valence-electron chi connectivity index (χ4n) is 2.72. The van der Waals surface area contributed by atoms with Gasteiger partial charge in [0.1, 0.15) is 0 Å².